The lowest BCUT2D eigenvalue weighted by atomic mass is 10.3. The van der Waals surface area contributed by atoms with Crippen LogP contribution in [-0.4, -0.2) is 47.7 Å². The fraction of sp³-hybridized carbons (Fsp3) is 0.308. The van der Waals surface area contributed by atoms with Crippen LogP contribution in [0.5, 0.6) is 11.8 Å². The molecule has 0 aliphatic carbocycles. The average molecular weight is 352 g/mol. The van der Waals surface area contributed by atoms with Gasteiger partial charge in [0.15, 0.2) is 11.0 Å². The van der Waals surface area contributed by atoms with Crippen LogP contribution >= 0.6 is 11.3 Å². The topological polar surface area (TPSA) is 141 Å². The number of thiazole rings is 1. The summed E-state index contributed by atoms with van der Waals surface area (Å²) in [4.78, 5) is 35.7. The molecule has 0 aliphatic rings. The number of nitrogens with zero attached hydrogens (tertiary/aromatic N) is 3. The molecule has 24 heavy (non-hydrogen) atoms. The van der Waals surface area contributed by atoms with Crippen molar-refractivity contribution in [2.45, 2.75) is 6.92 Å². The highest BCUT2D eigenvalue weighted by molar-refractivity contribution is 7.19. The summed E-state index contributed by atoms with van der Waals surface area (Å²) in [5, 5.41) is 5.15. The lowest BCUT2D eigenvalue weighted by molar-refractivity contribution is -0.117. The lowest BCUT2D eigenvalue weighted by Crippen LogP contribution is -2.36. The van der Waals surface area contributed by atoms with Crippen molar-refractivity contribution in [3.05, 3.63) is 11.8 Å². The highest BCUT2D eigenvalue weighted by Crippen LogP contribution is 2.32. The Bertz CT molecular complexity index is 741. The number of amides is 3. The molecule has 0 saturated heterocycles. The third-order valence-corrected chi connectivity index (χ3v) is 3.81. The standard InChI is InChI=1S/C13H16N6O4S/c1-6-10(11-17-8(22-2)4-9(18-11)23-3)24-13(16-6)19-12(21)15-5-7(14)20/h4H,5H2,1-3H3,(H2,14,20)(H2,15,16,19,21). The van der Waals surface area contributed by atoms with Gasteiger partial charge in [0.1, 0.15) is 0 Å². The molecule has 4 N–H and O–H groups in total. The molecule has 0 fully saturated rings. The van der Waals surface area contributed by atoms with Gasteiger partial charge in [-0.1, -0.05) is 11.3 Å². The van der Waals surface area contributed by atoms with E-state index in [1.165, 1.54) is 25.6 Å². The second-order valence-corrected chi connectivity index (χ2v) is 5.48. The Morgan fingerprint density at radius 1 is 1.21 bits per heavy atom. The molecule has 0 unspecified atom stereocenters. The molecule has 0 aliphatic heterocycles. The number of primary amides is 1. The van der Waals surface area contributed by atoms with Crippen molar-refractivity contribution < 1.29 is 19.1 Å². The Labute approximate surface area is 141 Å². The lowest BCUT2D eigenvalue weighted by Gasteiger charge is -2.05. The molecule has 3 amide bonds. The minimum Gasteiger partial charge on any atom is -0.481 e. The van der Waals surface area contributed by atoms with E-state index >= 15 is 0 Å². The highest BCUT2D eigenvalue weighted by atomic mass is 32.1. The fourth-order valence-electron chi connectivity index (χ4n) is 1.68. The van der Waals surface area contributed by atoms with E-state index < -0.39 is 11.9 Å². The van der Waals surface area contributed by atoms with Gasteiger partial charge in [0, 0.05) is 0 Å². The minimum atomic E-state index is -0.641. The Balaban J connectivity index is 2.22. The number of anilines is 1. The maximum Gasteiger partial charge on any atom is 0.321 e. The molecule has 0 spiro atoms. The molecular formula is C13H16N6O4S. The van der Waals surface area contributed by atoms with Gasteiger partial charge in [-0.05, 0) is 6.92 Å². The van der Waals surface area contributed by atoms with E-state index in [1.807, 2.05) is 0 Å². The largest absolute Gasteiger partial charge is 0.481 e. The number of hydrogen-bond acceptors (Lipinski definition) is 8. The van der Waals surface area contributed by atoms with Crippen LogP contribution in [-0.2, 0) is 4.79 Å². The summed E-state index contributed by atoms with van der Waals surface area (Å²) in [6, 6.07) is 0.967. The SMILES string of the molecule is COc1cc(OC)nc(-c2sc(NC(=O)NCC(N)=O)nc2C)n1. The van der Waals surface area contributed by atoms with E-state index in [-0.39, 0.29) is 6.54 Å². The molecule has 0 saturated carbocycles. The molecule has 2 heterocycles. The van der Waals surface area contributed by atoms with Crippen molar-refractivity contribution >= 4 is 28.4 Å². The van der Waals surface area contributed by atoms with E-state index in [0.717, 1.165) is 0 Å². The molecule has 10 nitrogen and oxygen atoms in total. The number of aryl methyl sites for hydroxylation is 1. The summed E-state index contributed by atoms with van der Waals surface area (Å²) >= 11 is 1.18. The van der Waals surface area contributed by atoms with E-state index in [2.05, 4.69) is 25.6 Å². The van der Waals surface area contributed by atoms with E-state index in [4.69, 9.17) is 15.2 Å². The van der Waals surface area contributed by atoms with Crippen LogP contribution in [0.2, 0.25) is 0 Å². The van der Waals surface area contributed by atoms with Crippen LogP contribution in [0.4, 0.5) is 9.93 Å². The first-order chi connectivity index (χ1) is 11.4. The molecule has 0 aromatic carbocycles. The van der Waals surface area contributed by atoms with Crippen LogP contribution < -0.4 is 25.8 Å². The number of rotatable bonds is 6. The smallest absolute Gasteiger partial charge is 0.321 e. The molecule has 0 bridgehead atoms. The van der Waals surface area contributed by atoms with Gasteiger partial charge in [-0.15, -0.1) is 0 Å². The Morgan fingerprint density at radius 3 is 2.38 bits per heavy atom. The van der Waals surface area contributed by atoms with Crippen LogP contribution in [0, 0.1) is 6.92 Å². The number of nitrogens with one attached hydrogen (secondary N) is 2. The number of carbonyl (C=O) groups is 2. The molecule has 2 aromatic rings. The molecular weight excluding hydrogens is 336 g/mol. The van der Waals surface area contributed by atoms with Crippen molar-refractivity contribution in [2.24, 2.45) is 5.73 Å². The predicted molar refractivity (Wildman–Crippen MR) is 87.2 cm³/mol. The fourth-order valence-corrected chi connectivity index (χ4v) is 2.58. The van der Waals surface area contributed by atoms with Gasteiger partial charge in [0.2, 0.25) is 17.7 Å². The van der Waals surface area contributed by atoms with Crippen LogP contribution in [0.15, 0.2) is 6.07 Å². The van der Waals surface area contributed by atoms with Crippen molar-refractivity contribution in [1.29, 1.82) is 0 Å². The number of hydrogen-bond donors (Lipinski definition) is 3. The first-order valence-electron chi connectivity index (χ1n) is 6.71. The maximum absolute atomic E-state index is 11.6. The van der Waals surface area contributed by atoms with E-state index in [1.54, 1.807) is 13.0 Å². The minimum absolute atomic E-state index is 0.265. The maximum atomic E-state index is 11.6. The first-order valence-corrected chi connectivity index (χ1v) is 7.52. The zero-order chi connectivity index (χ0) is 17.7. The summed E-state index contributed by atoms with van der Waals surface area (Å²) in [5.74, 6) is 0.418. The third kappa shape index (κ3) is 4.29. The van der Waals surface area contributed by atoms with Gasteiger partial charge in [-0.3, -0.25) is 10.1 Å². The summed E-state index contributed by atoms with van der Waals surface area (Å²) in [6.07, 6.45) is 0. The van der Waals surface area contributed by atoms with Crippen molar-refractivity contribution in [1.82, 2.24) is 20.3 Å². The predicted octanol–water partition coefficient (Wildman–Crippen LogP) is 0.533. The Morgan fingerprint density at radius 2 is 1.83 bits per heavy atom. The molecule has 2 aromatic heterocycles. The van der Waals surface area contributed by atoms with Crippen LogP contribution in [0.3, 0.4) is 0 Å². The van der Waals surface area contributed by atoms with Gasteiger partial charge >= 0.3 is 6.03 Å². The number of ether oxygens (including phenoxy) is 2. The zero-order valence-electron chi connectivity index (χ0n) is 13.2. The number of carbonyl (C=O) groups excluding carboxylic acids is 2. The van der Waals surface area contributed by atoms with E-state index in [0.29, 0.717) is 33.3 Å². The van der Waals surface area contributed by atoms with Gasteiger partial charge < -0.3 is 20.5 Å². The summed E-state index contributed by atoms with van der Waals surface area (Å²) in [5.41, 5.74) is 5.58. The van der Waals surface area contributed by atoms with Crippen molar-refractivity contribution in [3.8, 4) is 22.5 Å². The van der Waals surface area contributed by atoms with Gasteiger partial charge in [-0.2, -0.15) is 9.97 Å². The van der Waals surface area contributed by atoms with Gasteiger partial charge in [0.05, 0.1) is 37.4 Å². The van der Waals surface area contributed by atoms with Crippen molar-refractivity contribution in [3.63, 3.8) is 0 Å². The molecule has 128 valence electrons. The first kappa shape index (κ1) is 17.4. The highest BCUT2D eigenvalue weighted by Gasteiger charge is 2.16. The van der Waals surface area contributed by atoms with Crippen LogP contribution in [0.1, 0.15) is 5.69 Å². The molecule has 11 heteroatoms. The Kier molecular flexibility index (Phi) is 5.47. The number of urea groups is 1. The summed E-state index contributed by atoms with van der Waals surface area (Å²) < 4.78 is 10.2. The quantitative estimate of drug-likeness (QED) is 0.688. The third-order valence-electron chi connectivity index (χ3n) is 2.74. The summed E-state index contributed by atoms with van der Waals surface area (Å²) in [6.45, 7) is 1.49. The number of methoxy groups -OCH3 is 2. The normalized spacial score (nSPS) is 10.1. The van der Waals surface area contributed by atoms with E-state index in [9.17, 15) is 9.59 Å². The Hall–Kier alpha value is -2.95. The molecule has 2 rings (SSSR count). The number of nitrogens with two attached hydrogens (primary N) is 1. The summed E-state index contributed by atoms with van der Waals surface area (Å²) in [7, 11) is 2.97. The molecule has 0 radical (unpaired) electrons. The average Bonchev–Trinajstić information content (AvgIpc) is 2.92. The van der Waals surface area contributed by atoms with Gasteiger partial charge in [0.25, 0.3) is 0 Å². The molecule has 0 atom stereocenters. The second kappa shape index (κ2) is 7.55. The number of aromatic nitrogens is 3. The van der Waals surface area contributed by atoms with Crippen LogP contribution in [0.25, 0.3) is 10.7 Å². The zero-order valence-corrected chi connectivity index (χ0v) is 14.1. The monoisotopic (exact) mass is 352 g/mol. The van der Waals surface area contributed by atoms with Crippen molar-refractivity contribution in [2.75, 3.05) is 26.1 Å². The van der Waals surface area contributed by atoms with Gasteiger partial charge in [-0.25, -0.2) is 9.78 Å². The second-order valence-electron chi connectivity index (χ2n) is 4.48.